The van der Waals surface area contributed by atoms with E-state index >= 15 is 0 Å². The van der Waals surface area contributed by atoms with Crippen molar-refractivity contribution in [1.82, 2.24) is 20.2 Å². The first kappa shape index (κ1) is 21.6. The van der Waals surface area contributed by atoms with Crippen LogP contribution in [0, 0.1) is 0 Å². The van der Waals surface area contributed by atoms with Gasteiger partial charge in [-0.3, -0.25) is 10.1 Å². The van der Waals surface area contributed by atoms with E-state index in [-0.39, 0.29) is 11.5 Å². The summed E-state index contributed by atoms with van der Waals surface area (Å²) in [4.78, 5) is 9.83. The molecule has 0 spiro atoms. The van der Waals surface area contributed by atoms with E-state index in [0.29, 0.717) is 27.6 Å². The molecule has 0 atom stereocenters. The molecule has 0 radical (unpaired) electrons. The van der Waals surface area contributed by atoms with Crippen LogP contribution in [0.4, 0.5) is 10.9 Å². The summed E-state index contributed by atoms with van der Waals surface area (Å²) < 4.78 is 31.8. The Labute approximate surface area is 188 Å². The van der Waals surface area contributed by atoms with Crippen molar-refractivity contribution in [3.8, 4) is 5.75 Å². The fraction of sp³-hybridized carbons (Fsp3) is 0.250. The molecule has 0 fully saturated rings. The average molecular weight is 476 g/mol. The van der Waals surface area contributed by atoms with Crippen LogP contribution < -0.4 is 10.1 Å². The van der Waals surface area contributed by atoms with Crippen molar-refractivity contribution >= 4 is 54.8 Å². The number of aromatic nitrogens is 4. The fourth-order valence-corrected chi connectivity index (χ4v) is 4.85. The molecule has 0 saturated heterocycles. The van der Waals surface area contributed by atoms with Crippen molar-refractivity contribution in [2.75, 3.05) is 11.6 Å². The highest BCUT2D eigenvalue weighted by molar-refractivity contribution is 7.98. The predicted octanol–water partition coefficient (Wildman–Crippen LogP) is 4.64. The third-order valence-electron chi connectivity index (χ3n) is 4.63. The van der Waals surface area contributed by atoms with Gasteiger partial charge in [0, 0.05) is 34.1 Å². The van der Waals surface area contributed by atoms with Crippen LogP contribution >= 0.6 is 23.1 Å². The second kappa shape index (κ2) is 8.85. The third-order valence-corrected chi connectivity index (χ3v) is 8.16. The number of hydrogen-bond acceptors (Lipinski definition) is 9. The SMILES string of the molecule is CSc1ccc(COc2cc(S(=O)(=O)C(C)C)cc3c(Nc4nccs4)n[nH]c23)nc1. The maximum absolute atomic E-state index is 12.9. The van der Waals surface area contributed by atoms with Gasteiger partial charge in [0.15, 0.2) is 20.8 Å². The number of sulfone groups is 1. The minimum Gasteiger partial charge on any atom is -0.485 e. The van der Waals surface area contributed by atoms with Crippen molar-refractivity contribution in [2.24, 2.45) is 0 Å². The van der Waals surface area contributed by atoms with E-state index in [0.717, 1.165) is 10.6 Å². The molecule has 4 rings (SSSR count). The summed E-state index contributed by atoms with van der Waals surface area (Å²) in [5.74, 6) is 0.880. The monoisotopic (exact) mass is 475 g/mol. The number of rotatable bonds is 8. The highest BCUT2D eigenvalue weighted by atomic mass is 32.2. The molecule has 3 aromatic heterocycles. The summed E-state index contributed by atoms with van der Waals surface area (Å²) in [7, 11) is -3.52. The van der Waals surface area contributed by atoms with Gasteiger partial charge >= 0.3 is 0 Å². The first-order chi connectivity index (χ1) is 14.9. The summed E-state index contributed by atoms with van der Waals surface area (Å²) in [5, 5.41) is 12.9. The number of thiazole rings is 1. The number of nitrogens with zero attached hydrogens (tertiary/aromatic N) is 3. The van der Waals surface area contributed by atoms with Crippen LogP contribution in [0.2, 0.25) is 0 Å². The molecule has 1 aromatic carbocycles. The number of benzene rings is 1. The highest BCUT2D eigenvalue weighted by Gasteiger charge is 2.23. The molecular formula is C20H21N5O3S3. The van der Waals surface area contributed by atoms with E-state index in [1.807, 2.05) is 23.8 Å². The number of thioether (sulfide) groups is 1. The van der Waals surface area contributed by atoms with Crippen molar-refractivity contribution < 1.29 is 13.2 Å². The quantitative estimate of drug-likeness (QED) is 0.355. The molecule has 0 amide bonds. The molecule has 0 saturated carbocycles. The Morgan fingerprint density at radius 1 is 1.26 bits per heavy atom. The van der Waals surface area contributed by atoms with Gasteiger partial charge < -0.3 is 10.1 Å². The second-order valence-electron chi connectivity index (χ2n) is 6.95. The number of ether oxygens (including phenoxy) is 1. The number of pyridine rings is 1. The van der Waals surface area contributed by atoms with Gasteiger partial charge in [0.1, 0.15) is 17.9 Å². The van der Waals surface area contributed by atoms with Gasteiger partial charge in [-0.05, 0) is 38.3 Å². The number of aromatic amines is 1. The lowest BCUT2D eigenvalue weighted by Crippen LogP contribution is -2.14. The number of nitrogens with one attached hydrogen (secondary N) is 2. The molecule has 0 bridgehead atoms. The number of H-pyrrole nitrogens is 1. The van der Waals surface area contributed by atoms with E-state index in [2.05, 4.69) is 25.5 Å². The van der Waals surface area contributed by atoms with Crippen LogP contribution in [0.1, 0.15) is 19.5 Å². The van der Waals surface area contributed by atoms with Crippen LogP contribution in [0.15, 0.2) is 51.8 Å². The first-order valence-corrected chi connectivity index (χ1v) is 13.1. The summed E-state index contributed by atoms with van der Waals surface area (Å²) in [6.07, 6.45) is 5.45. The Morgan fingerprint density at radius 3 is 2.74 bits per heavy atom. The first-order valence-electron chi connectivity index (χ1n) is 9.42. The van der Waals surface area contributed by atoms with Gasteiger partial charge in [0.05, 0.1) is 15.8 Å². The Kier molecular flexibility index (Phi) is 6.17. The number of hydrogen-bond donors (Lipinski definition) is 2. The molecular weight excluding hydrogens is 454 g/mol. The van der Waals surface area contributed by atoms with E-state index in [1.54, 1.807) is 50.1 Å². The van der Waals surface area contributed by atoms with E-state index < -0.39 is 15.1 Å². The number of fused-ring (bicyclic) bond motifs is 1. The van der Waals surface area contributed by atoms with E-state index in [1.165, 1.54) is 11.3 Å². The zero-order valence-electron chi connectivity index (χ0n) is 17.1. The Bertz CT molecular complexity index is 1280. The van der Waals surface area contributed by atoms with Gasteiger partial charge in [0.2, 0.25) is 0 Å². The molecule has 0 aliphatic heterocycles. The lowest BCUT2D eigenvalue weighted by molar-refractivity contribution is 0.303. The van der Waals surface area contributed by atoms with Crippen molar-refractivity contribution in [3.63, 3.8) is 0 Å². The molecule has 4 aromatic rings. The van der Waals surface area contributed by atoms with Gasteiger partial charge in [-0.1, -0.05) is 0 Å². The van der Waals surface area contributed by atoms with Crippen LogP contribution in [0.5, 0.6) is 5.75 Å². The van der Waals surface area contributed by atoms with Crippen LogP contribution in [0.3, 0.4) is 0 Å². The molecule has 0 unspecified atom stereocenters. The minimum absolute atomic E-state index is 0.180. The molecule has 31 heavy (non-hydrogen) atoms. The fourth-order valence-electron chi connectivity index (χ4n) is 2.87. The minimum atomic E-state index is -3.52. The Balaban J connectivity index is 1.74. The standard InChI is InChI=1S/C20H21N5O3S3/c1-12(2)31(26,27)15-8-16-18(24-25-19(16)23-20-21-6-7-30-20)17(9-15)28-11-13-4-5-14(29-3)10-22-13/h4-10,12H,11H2,1-3H3,(H2,21,23,24,25). The topological polar surface area (TPSA) is 110 Å². The normalized spacial score (nSPS) is 11.9. The second-order valence-corrected chi connectivity index (χ2v) is 11.2. The van der Waals surface area contributed by atoms with Crippen LogP contribution in [0.25, 0.3) is 10.9 Å². The summed E-state index contributed by atoms with van der Waals surface area (Å²) in [6.45, 7) is 3.51. The molecule has 11 heteroatoms. The summed E-state index contributed by atoms with van der Waals surface area (Å²) in [6, 6.07) is 7.01. The summed E-state index contributed by atoms with van der Waals surface area (Å²) in [5.41, 5.74) is 1.34. The third kappa shape index (κ3) is 4.53. The smallest absolute Gasteiger partial charge is 0.188 e. The molecule has 8 nitrogen and oxygen atoms in total. The highest BCUT2D eigenvalue weighted by Crippen LogP contribution is 2.35. The van der Waals surface area contributed by atoms with E-state index in [9.17, 15) is 8.42 Å². The number of anilines is 2. The lowest BCUT2D eigenvalue weighted by Gasteiger charge is -2.12. The molecule has 3 heterocycles. The Morgan fingerprint density at radius 2 is 2.10 bits per heavy atom. The average Bonchev–Trinajstić information content (AvgIpc) is 3.43. The maximum Gasteiger partial charge on any atom is 0.188 e. The van der Waals surface area contributed by atoms with Gasteiger partial charge in [-0.15, -0.1) is 23.1 Å². The van der Waals surface area contributed by atoms with Crippen molar-refractivity contribution in [3.05, 3.63) is 47.7 Å². The largest absolute Gasteiger partial charge is 0.485 e. The summed E-state index contributed by atoms with van der Waals surface area (Å²) >= 11 is 3.03. The zero-order chi connectivity index (χ0) is 22.0. The van der Waals surface area contributed by atoms with Crippen LogP contribution in [-0.4, -0.2) is 40.1 Å². The van der Waals surface area contributed by atoms with Crippen molar-refractivity contribution in [1.29, 1.82) is 0 Å². The molecule has 2 N–H and O–H groups in total. The Hall–Kier alpha value is -2.63. The van der Waals surface area contributed by atoms with Gasteiger partial charge in [-0.2, -0.15) is 5.10 Å². The van der Waals surface area contributed by atoms with Crippen LogP contribution in [-0.2, 0) is 16.4 Å². The zero-order valence-corrected chi connectivity index (χ0v) is 19.6. The molecule has 0 aliphatic rings. The van der Waals surface area contributed by atoms with Gasteiger partial charge in [-0.25, -0.2) is 13.4 Å². The van der Waals surface area contributed by atoms with E-state index in [4.69, 9.17) is 4.74 Å². The molecule has 0 aliphatic carbocycles. The molecule has 162 valence electrons. The van der Waals surface area contributed by atoms with Gasteiger partial charge in [0.25, 0.3) is 0 Å². The maximum atomic E-state index is 12.9. The van der Waals surface area contributed by atoms with Crippen molar-refractivity contribution in [2.45, 2.75) is 35.5 Å². The predicted molar refractivity (Wildman–Crippen MR) is 124 cm³/mol. The lowest BCUT2D eigenvalue weighted by atomic mass is 10.2.